The number of piperidine rings is 1. The number of benzene rings is 2. The van der Waals surface area contributed by atoms with Crippen molar-refractivity contribution in [2.24, 2.45) is 5.92 Å². The maximum absolute atomic E-state index is 13.5. The van der Waals surface area contributed by atoms with Gasteiger partial charge in [0, 0.05) is 24.7 Å². The molecule has 0 radical (unpaired) electrons. The maximum Gasteiger partial charge on any atom is 0.225 e. The van der Waals surface area contributed by atoms with Gasteiger partial charge in [0.05, 0.1) is 11.2 Å². The van der Waals surface area contributed by atoms with E-state index in [0.717, 1.165) is 56.4 Å². The van der Waals surface area contributed by atoms with Crippen LogP contribution in [0.3, 0.4) is 0 Å². The average molecular weight is 483 g/mol. The average Bonchev–Trinajstić information content (AvgIpc) is 3.19. The van der Waals surface area contributed by atoms with Gasteiger partial charge in [-0.15, -0.1) is 0 Å². The molecule has 6 nitrogen and oxygen atoms in total. The topological polar surface area (TPSA) is 67.7 Å². The summed E-state index contributed by atoms with van der Waals surface area (Å²) in [5.41, 5.74) is 2.68. The summed E-state index contributed by atoms with van der Waals surface area (Å²) in [6.45, 7) is 3.04. The van der Waals surface area contributed by atoms with Gasteiger partial charge in [0.2, 0.25) is 5.95 Å². The minimum absolute atomic E-state index is 0.195. The molecular weight excluding hydrogens is 458 g/mol. The van der Waals surface area contributed by atoms with Crippen molar-refractivity contribution in [1.29, 1.82) is 0 Å². The van der Waals surface area contributed by atoms with Crippen LogP contribution in [0.25, 0.3) is 22.6 Å². The quantitative estimate of drug-likeness (QED) is 0.368. The molecule has 0 bridgehead atoms. The molecule has 34 heavy (non-hydrogen) atoms. The molecule has 0 spiro atoms. The van der Waals surface area contributed by atoms with Crippen LogP contribution in [0.5, 0.6) is 0 Å². The van der Waals surface area contributed by atoms with E-state index >= 15 is 0 Å². The van der Waals surface area contributed by atoms with Gasteiger partial charge in [0.15, 0.2) is 5.65 Å². The zero-order chi connectivity index (χ0) is 23.5. The summed E-state index contributed by atoms with van der Waals surface area (Å²) in [6, 6.07) is 11.1. The van der Waals surface area contributed by atoms with E-state index in [1.54, 1.807) is 6.20 Å². The number of nitrogens with zero attached hydrogens (tertiary/aromatic N) is 4. The zero-order valence-corrected chi connectivity index (χ0v) is 19.3. The molecule has 0 aliphatic carbocycles. The summed E-state index contributed by atoms with van der Waals surface area (Å²) >= 11 is 6.51. The van der Waals surface area contributed by atoms with Crippen LogP contribution in [0.4, 0.5) is 14.7 Å². The van der Waals surface area contributed by atoms with Crippen LogP contribution in [0.15, 0.2) is 48.7 Å². The van der Waals surface area contributed by atoms with Crippen molar-refractivity contribution < 1.29 is 8.78 Å². The second kappa shape index (κ2) is 10.0. The van der Waals surface area contributed by atoms with Crippen molar-refractivity contribution in [3.63, 3.8) is 0 Å². The molecule has 176 valence electrons. The van der Waals surface area contributed by atoms with Crippen molar-refractivity contribution in [1.82, 2.24) is 24.8 Å². The molecule has 0 unspecified atom stereocenters. The van der Waals surface area contributed by atoms with Gasteiger partial charge >= 0.3 is 0 Å². The smallest absolute Gasteiger partial charge is 0.225 e. The number of fused-ring (bicyclic) bond motifs is 1. The number of aromatic nitrogens is 4. The lowest BCUT2D eigenvalue weighted by molar-refractivity contribution is 0.339. The van der Waals surface area contributed by atoms with E-state index in [9.17, 15) is 8.78 Å². The van der Waals surface area contributed by atoms with Gasteiger partial charge < -0.3 is 15.2 Å². The Balaban J connectivity index is 1.46. The summed E-state index contributed by atoms with van der Waals surface area (Å²) in [6.07, 6.45) is 4.98. The predicted molar refractivity (Wildman–Crippen MR) is 130 cm³/mol. The molecule has 2 aromatic carbocycles. The highest BCUT2D eigenvalue weighted by Gasteiger charge is 2.19. The first kappa shape index (κ1) is 22.7. The molecule has 5 rings (SSSR count). The first-order chi connectivity index (χ1) is 16.6. The SMILES string of the molecule is Fc1cc(F)cc(CNc2ncc3nc(-c4ccccc4Cl)n(CCC4CCNCC4)c3n2)c1. The Morgan fingerprint density at radius 3 is 2.59 bits per heavy atom. The first-order valence-electron chi connectivity index (χ1n) is 11.4. The molecule has 0 atom stereocenters. The number of imidazole rings is 1. The molecule has 1 aliphatic rings. The minimum Gasteiger partial charge on any atom is -0.350 e. The normalized spacial score (nSPS) is 14.6. The molecule has 4 aromatic rings. The van der Waals surface area contributed by atoms with Crippen LogP contribution >= 0.6 is 11.6 Å². The van der Waals surface area contributed by atoms with E-state index in [-0.39, 0.29) is 6.54 Å². The van der Waals surface area contributed by atoms with E-state index in [0.29, 0.717) is 33.6 Å². The Kier molecular flexibility index (Phi) is 6.69. The van der Waals surface area contributed by atoms with Crippen LogP contribution in [0.2, 0.25) is 5.02 Å². The van der Waals surface area contributed by atoms with E-state index < -0.39 is 11.6 Å². The summed E-state index contributed by atoms with van der Waals surface area (Å²) in [7, 11) is 0. The van der Waals surface area contributed by atoms with Gasteiger partial charge in [-0.2, -0.15) is 4.98 Å². The number of nitrogens with one attached hydrogen (secondary N) is 2. The molecule has 0 saturated carbocycles. The Hall–Kier alpha value is -3.10. The van der Waals surface area contributed by atoms with E-state index in [4.69, 9.17) is 21.6 Å². The first-order valence-corrected chi connectivity index (χ1v) is 11.8. The van der Waals surface area contributed by atoms with Crippen molar-refractivity contribution in [3.05, 3.63) is 70.9 Å². The van der Waals surface area contributed by atoms with Gasteiger partial charge in [0.25, 0.3) is 0 Å². The number of hydrogen-bond donors (Lipinski definition) is 2. The van der Waals surface area contributed by atoms with Crippen LogP contribution in [-0.4, -0.2) is 32.6 Å². The van der Waals surface area contributed by atoms with Crippen LogP contribution in [0.1, 0.15) is 24.8 Å². The Bertz CT molecular complexity index is 1280. The second-order valence-corrected chi connectivity index (χ2v) is 8.99. The third kappa shape index (κ3) is 5.03. The van der Waals surface area contributed by atoms with Crippen LogP contribution < -0.4 is 10.6 Å². The largest absolute Gasteiger partial charge is 0.350 e. The molecule has 3 heterocycles. The van der Waals surface area contributed by atoms with Gasteiger partial charge in [-0.3, -0.25) is 0 Å². The Morgan fingerprint density at radius 1 is 1.06 bits per heavy atom. The highest BCUT2D eigenvalue weighted by Crippen LogP contribution is 2.31. The molecule has 9 heteroatoms. The predicted octanol–water partition coefficient (Wildman–Crippen LogP) is 5.43. The van der Waals surface area contributed by atoms with Crippen molar-refractivity contribution in [2.75, 3.05) is 18.4 Å². The third-order valence-electron chi connectivity index (χ3n) is 6.20. The summed E-state index contributed by atoms with van der Waals surface area (Å²) in [5, 5.41) is 7.11. The maximum atomic E-state index is 13.5. The van der Waals surface area contributed by atoms with E-state index in [2.05, 4.69) is 20.2 Å². The summed E-state index contributed by atoms with van der Waals surface area (Å²) < 4.78 is 29.2. The zero-order valence-electron chi connectivity index (χ0n) is 18.6. The van der Waals surface area contributed by atoms with Crippen molar-refractivity contribution >= 4 is 28.7 Å². The van der Waals surface area contributed by atoms with Crippen molar-refractivity contribution in [2.45, 2.75) is 32.4 Å². The summed E-state index contributed by atoms with van der Waals surface area (Å²) in [5.74, 6) is 0.529. The lowest BCUT2D eigenvalue weighted by atomic mass is 9.95. The molecule has 2 aromatic heterocycles. The lowest BCUT2D eigenvalue weighted by Gasteiger charge is -2.23. The Morgan fingerprint density at radius 2 is 1.82 bits per heavy atom. The fourth-order valence-corrected chi connectivity index (χ4v) is 4.66. The molecule has 2 N–H and O–H groups in total. The fraction of sp³-hybridized carbons (Fsp3) is 0.320. The highest BCUT2D eigenvalue weighted by atomic mass is 35.5. The van der Waals surface area contributed by atoms with E-state index in [1.807, 2.05) is 24.3 Å². The minimum atomic E-state index is -0.617. The van der Waals surface area contributed by atoms with Gasteiger partial charge in [0.1, 0.15) is 23.0 Å². The second-order valence-electron chi connectivity index (χ2n) is 8.58. The number of anilines is 1. The number of aryl methyl sites for hydroxylation is 1. The third-order valence-corrected chi connectivity index (χ3v) is 6.52. The lowest BCUT2D eigenvalue weighted by Crippen LogP contribution is -2.28. The monoisotopic (exact) mass is 482 g/mol. The van der Waals surface area contributed by atoms with Crippen molar-refractivity contribution in [3.8, 4) is 11.4 Å². The Labute approximate surface area is 201 Å². The highest BCUT2D eigenvalue weighted by molar-refractivity contribution is 6.33. The van der Waals surface area contributed by atoms with Gasteiger partial charge in [-0.25, -0.2) is 18.7 Å². The summed E-state index contributed by atoms with van der Waals surface area (Å²) in [4.78, 5) is 13.9. The molecule has 1 fully saturated rings. The van der Waals surface area contributed by atoms with Crippen LogP contribution in [0, 0.1) is 17.6 Å². The van der Waals surface area contributed by atoms with Crippen LogP contribution in [-0.2, 0) is 13.1 Å². The molecule has 1 aliphatic heterocycles. The standard InChI is InChI=1S/C25H25ClF2N6/c26-21-4-2-1-3-20(21)23-32-22-15-31-25(30-14-17-11-18(27)13-19(28)12-17)33-24(22)34(23)10-7-16-5-8-29-9-6-16/h1-4,11-13,15-16,29H,5-10,14H2,(H,30,31,33). The van der Waals surface area contributed by atoms with Gasteiger partial charge in [-0.1, -0.05) is 23.7 Å². The number of halogens is 3. The molecule has 1 saturated heterocycles. The number of rotatable bonds is 7. The fourth-order valence-electron chi connectivity index (χ4n) is 4.44. The molecule has 0 amide bonds. The molecular formula is C25H25ClF2N6. The van der Waals surface area contributed by atoms with Gasteiger partial charge in [-0.05, 0) is 68.1 Å². The van der Waals surface area contributed by atoms with E-state index in [1.165, 1.54) is 12.1 Å². The number of hydrogen-bond acceptors (Lipinski definition) is 5.